The number of nitrogens with zero attached hydrogens (tertiary/aromatic N) is 2. The van der Waals surface area contributed by atoms with Crippen LogP contribution in [0.25, 0.3) is 6.08 Å². The lowest BCUT2D eigenvalue weighted by Crippen LogP contribution is -3.15. The fourth-order valence-electron chi connectivity index (χ4n) is 4.58. The summed E-state index contributed by atoms with van der Waals surface area (Å²) in [5, 5.41) is 0.841. The van der Waals surface area contributed by atoms with Crippen LogP contribution in [0.3, 0.4) is 0 Å². The molecule has 1 saturated heterocycles. The summed E-state index contributed by atoms with van der Waals surface area (Å²) in [6, 6.07) is 30.1. The minimum Gasteiger partial charge on any atom is -0.339 e. The van der Waals surface area contributed by atoms with Crippen molar-refractivity contribution < 1.29 is 9.69 Å². The number of benzene rings is 3. The Morgan fingerprint density at radius 2 is 1.45 bits per heavy atom. The number of hydrogen-bond acceptors (Lipinski definition) is 3. The zero-order chi connectivity index (χ0) is 22.6. The van der Waals surface area contributed by atoms with Gasteiger partial charge in [0, 0.05) is 11.1 Å². The molecule has 1 amide bonds. The number of aryl methyl sites for hydroxylation is 1. The lowest BCUT2D eigenvalue weighted by Gasteiger charge is -2.37. The van der Waals surface area contributed by atoms with Crippen LogP contribution in [0.2, 0.25) is 0 Å². The van der Waals surface area contributed by atoms with E-state index in [1.165, 1.54) is 28.5 Å². The van der Waals surface area contributed by atoms with Crippen molar-refractivity contribution in [3.05, 3.63) is 112 Å². The van der Waals surface area contributed by atoms with Crippen LogP contribution >= 0.6 is 11.8 Å². The second-order valence-electron chi connectivity index (χ2n) is 8.62. The van der Waals surface area contributed by atoms with Gasteiger partial charge in [0.2, 0.25) is 0 Å². The summed E-state index contributed by atoms with van der Waals surface area (Å²) in [7, 11) is 0. The Morgan fingerprint density at radius 3 is 2.03 bits per heavy atom. The highest BCUT2D eigenvalue weighted by Gasteiger charge is 2.33. The van der Waals surface area contributed by atoms with Crippen molar-refractivity contribution in [1.82, 2.24) is 4.90 Å². The quantitative estimate of drug-likeness (QED) is 0.607. The summed E-state index contributed by atoms with van der Waals surface area (Å²) in [6.45, 7) is 5.85. The van der Waals surface area contributed by atoms with E-state index in [9.17, 15) is 4.79 Å². The first kappa shape index (κ1) is 21.7. The fraction of sp³-hybridized carbons (Fsp3) is 0.214. The molecule has 2 heterocycles. The minimum atomic E-state index is -0.128. The Labute approximate surface area is 199 Å². The Morgan fingerprint density at radius 1 is 0.879 bits per heavy atom. The van der Waals surface area contributed by atoms with Gasteiger partial charge in [-0.05, 0) is 30.3 Å². The molecule has 1 N–H and O–H groups in total. The molecule has 0 aromatic heterocycles. The predicted molar refractivity (Wildman–Crippen MR) is 136 cm³/mol. The van der Waals surface area contributed by atoms with Gasteiger partial charge in [0.05, 0.1) is 31.1 Å². The van der Waals surface area contributed by atoms with E-state index in [2.05, 4.69) is 89.6 Å². The van der Waals surface area contributed by atoms with Crippen molar-refractivity contribution in [1.29, 1.82) is 0 Å². The normalized spacial score (nSPS) is 18.2. The van der Waals surface area contributed by atoms with Gasteiger partial charge in [0.15, 0.2) is 5.17 Å². The first-order chi connectivity index (χ1) is 16.2. The summed E-state index contributed by atoms with van der Waals surface area (Å²) >= 11 is 1.50. The van der Waals surface area contributed by atoms with E-state index in [4.69, 9.17) is 0 Å². The molecular weight excluding hydrogens is 426 g/mol. The van der Waals surface area contributed by atoms with Gasteiger partial charge in [-0.15, -0.1) is 0 Å². The number of aliphatic imine (C=N–C) groups is 1. The highest BCUT2D eigenvalue weighted by atomic mass is 32.2. The second kappa shape index (κ2) is 9.77. The molecule has 33 heavy (non-hydrogen) atoms. The van der Waals surface area contributed by atoms with Crippen molar-refractivity contribution in [2.45, 2.75) is 13.0 Å². The Bertz CT molecular complexity index is 1130. The van der Waals surface area contributed by atoms with Gasteiger partial charge in [0.25, 0.3) is 5.91 Å². The molecule has 0 spiro atoms. The van der Waals surface area contributed by atoms with Crippen LogP contribution in [-0.4, -0.2) is 42.2 Å². The van der Waals surface area contributed by atoms with Gasteiger partial charge in [-0.3, -0.25) is 4.79 Å². The molecule has 166 valence electrons. The third-order valence-electron chi connectivity index (χ3n) is 6.33. The molecule has 4 nitrogen and oxygen atoms in total. The number of piperazine rings is 1. The lowest BCUT2D eigenvalue weighted by atomic mass is 9.96. The highest BCUT2D eigenvalue weighted by Crippen LogP contribution is 2.30. The molecule has 5 rings (SSSR count). The molecule has 0 radical (unpaired) electrons. The summed E-state index contributed by atoms with van der Waals surface area (Å²) in [4.78, 5) is 21.4. The summed E-state index contributed by atoms with van der Waals surface area (Å²) < 4.78 is 0. The van der Waals surface area contributed by atoms with Gasteiger partial charge in [-0.25, -0.2) is 0 Å². The fourth-order valence-corrected chi connectivity index (χ4v) is 5.54. The maximum atomic E-state index is 12.5. The van der Waals surface area contributed by atoms with Crippen LogP contribution in [0.15, 0.2) is 94.8 Å². The molecule has 5 heteroatoms. The number of quaternary nitrogens is 1. The van der Waals surface area contributed by atoms with Crippen molar-refractivity contribution in [3.8, 4) is 0 Å². The molecule has 0 bridgehead atoms. The van der Waals surface area contributed by atoms with Crippen LogP contribution in [0.1, 0.15) is 28.3 Å². The van der Waals surface area contributed by atoms with E-state index >= 15 is 0 Å². The van der Waals surface area contributed by atoms with Gasteiger partial charge in [-0.1, -0.05) is 90.5 Å². The number of carbonyl (C=O) groups excluding carboxylic acids is 1. The van der Waals surface area contributed by atoms with Crippen molar-refractivity contribution in [2.75, 3.05) is 26.2 Å². The van der Waals surface area contributed by atoms with E-state index in [-0.39, 0.29) is 5.91 Å². The van der Waals surface area contributed by atoms with Crippen LogP contribution in [0.4, 0.5) is 0 Å². The second-order valence-corrected chi connectivity index (χ2v) is 9.63. The summed E-state index contributed by atoms with van der Waals surface area (Å²) in [5.41, 5.74) is 4.94. The van der Waals surface area contributed by atoms with Crippen molar-refractivity contribution >= 4 is 28.9 Å². The summed E-state index contributed by atoms with van der Waals surface area (Å²) in [6.07, 6.45) is 1.95. The average Bonchev–Trinajstić information content (AvgIpc) is 3.22. The first-order valence-corrected chi connectivity index (χ1v) is 12.3. The van der Waals surface area contributed by atoms with E-state index in [0.29, 0.717) is 10.9 Å². The predicted octanol–water partition coefficient (Wildman–Crippen LogP) is 3.96. The van der Waals surface area contributed by atoms with Gasteiger partial charge in [-0.2, -0.15) is 4.99 Å². The molecule has 0 unspecified atom stereocenters. The zero-order valence-electron chi connectivity index (χ0n) is 18.8. The van der Waals surface area contributed by atoms with E-state index in [0.717, 1.165) is 36.9 Å². The average molecular weight is 455 g/mol. The number of amides is 1. The molecule has 3 aromatic carbocycles. The maximum Gasteiger partial charge on any atom is 0.286 e. The lowest BCUT2D eigenvalue weighted by molar-refractivity contribution is -0.929. The smallest absolute Gasteiger partial charge is 0.286 e. The van der Waals surface area contributed by atoms with Gasteiger partial charge < -0.3 is 9.80 Å². The van der Waals surface area contributed by atoms with Gasteiger partial charge >= 0.3 is 0 Å². The number of amidine groups is 1. The van der Waals surface area contributed by atoms with Crippen LogP contribution in [0.5, 0.6) is 0 Å². The molecule has 2 aliphatic heterocycles. The molecule has 0 atom stereocenters. The molecule has 1 fully saturated rings. The van der Waals surface area contributed by atoms with E-state index in [1.807, 2.05) is 18.2 Å². The van der Waals surface area contributed by atoms with Crippen molar-refractivity contribution in [3.63, 3.8) is 0 Å². The molecular formula is C28H28N3OS+. The number of hydrogen-bond donors (Lipinski definition) is 1. The third-order valence-corrected chi connectivity index (χ3v) is 7.38. The van der Waals surface area contributed by atoms with Crippen LogP contribution < -0.4 is 4.90 Å². The molecule has 3 aromatic rings. The van der Waals surface area contributed by atoms with Gasteiger partial charge in [0.1, 0.15) is 6.04 Å². The molecule has 2 aliphatic rings. The third kappa shape index (κ3) is 4.95. The Balaban J connectivity index is 1.28. The number of carbonyl (C=O) groups is 1. The van der Waals surface area contributed by atoms with Crippen LogP contribution in [0, 0.1) is 6.92 Å². The van der Waals surface area contributed by atoms with Crippen molar-refractivity contribution in [2.24, 2.45) is 4.99 Å². The minimum absolute atomic E-state index is 0.128. The topological polar surface area (TPSA) is 37.1 Å². The maximum absolute atomic E-state index is 12.5. The molecule has 0 saturated carbocycles. The largest absolute Gasteiger partial charge is 0.339 e. The SMILES string of the molecule is Cc1ccc(/C=C2\SC(N3CC[NH+](C(c4ccccc4)c4ccccc4)CC3)=NC2=O)cc1. The number of rotatable bonds is 4. The van der Waals surface area contributed by atoms with Crippen LogP contribution in [-0.2, 0) is 4.79 Å². The first-order valence-electron chi connectivity index (χ1n) is 11.5. The monoisotopic (exact) mass is 454 g/mol. The Hall–Kier alpha value is -3.15. The standard InChI is InChI=1S/C28H27N3OS/c1-21-12-14-22(15-13-21)20-25-27(32)29-28(33-25)31-18-16-30(17-19-31)26(23-8-4-2-5-9-23)24-10-6-3-7-11-24/h2-15,20,26H,16-19H2,1H3/p+1/b25-20-. The highest BCUT2D eigenvalue weighted by molar-refractivity contribution is 8.18. The summed E-state index contributed by atoms with van der Waals surface area (Å²) in [5.74, 6) is -0.128. The number of nitrogens with one attached hydrogen (secondary N) is 1. The van der Waals surface area contributed by atoms with E-state index < -0.39 is 0 Å². The van der Waals surface area contributed by atoms with E-state index in [1.54, 1.807) is 4.90 Å². The number of thioether (sulfide) groups is 1. The molecule has 0 aliphatic carbocycles. The zero-order valence-corrected chi connectivity index (χ0v) is 19.6. The Kier molecular flexibility index (Phi) is 6.42.